The highest BCUT2D eigenvalue weighted by atomic mass is 16.3. The Hall–Kier alpha value is -2.01. The van der Waals surface area contributed by atoms with Crippen LogP contribution in [0.25, 0.3) is 10.8 Å². The number of rotatable bonds is 1. The zero-order valence-electron chi connectivity index (χ0n) is 19.8. The van der Waals surface area contributed by atoms with Crippen molar-refractivity contribution >= 4 is 10.8 Å². The van der Waals surface area contributed by atoms with E-state index >= 15 is 0 Å². The summed E-state index contributed by atoms with van der Waals surface area (Å²) in [6.07, 6.45) is 15.5. The van der Waals surface area contributed by atoms with Gasteiger partial charge in [0, 0.05) is 30.8 Å². The molecule has 7 unspecified atom stereocenters. The number of hydrogen-bond donors (Lipinski definition) is 3. The average molecular weight is 448 g/mol. The molecule has 7 atom stereocenters. The van der Waals surface area contributed by atoms with Crippen LogP contribution >= 0.6 is 0 Å². The van der Waals surface area contributed by atoms with Crippen molar-refractivity contribution in [2.45, 2.75) is 70.0 Å². The third-order valence-electron chi connectivity index (χ3n) is 9.18. The van der Waals surface area contributed by atoms with E-state index < -0.39 is 0 Å². The smallest absolute Gasteiger partial charge is 0.0617 e. The van der Waals surface area contributed by atoms with Crippen LogP contribution in [0, 0.1) is 23.2 Å². The molecule has 4 aliphatic rings. The lowest BCUT2D eigenvalue weighted by molar-refractivity contribution is 0.115. The molecule has 0 saturated heterocycles. The molecule has 1 aromatic heterocycles. The normalized spacial score (nSPS) is 37.5. The Labute approximate surface area is 197 Å². The van der Waals surface area contributed by atoms with E-state index in [1.54, 1.807) is 0 Å². The lowest BCUT2D eigenvalue weighted by atomic mass is 9.60. The Morgan fingerprint density at radius 3 is 2.67 bits per heavy atom. The van der Waals surface area contributed by atoms with Crippen molar-refractivity contribution in [3.8, 4) is 0 Å². The molecule has 4 heteroatoms. The molecule has 4 nitrogen and oxygen atoms in total. The lowest BCUT2D eigenvalue weighted by Crippen LogP contribution is -2.36. The van der Waals surface area contributed by atoms with Gasteiger partial charge in [0.05, 0.1) is 12.2 Å². The molecule has 176 valence electrons. The average Bonchev–Trinajstić information content (AvgIpc) is 2.98. The zero-order chi connectivity index (χ0) is 23.2. The van der Waals surface area contributed by atoms with Crippen LogP contribution in [0.3, 0.4) is 0 Å². The number of aromatic nitrogens is 1. The van der Waals surface area contributed by atoms with Crippen molar-refractivity contribution in [1.29, 1.82) is 0 Å². The van der Waals surface area contributed by atoms with Gasteiger partial charge in [-0.25, -0.2) is 0 Å². The summed E-state index contributed by atoms with van der Waals surface area (Å²) in [5, 5.41) is 30.9. The fraction of sp³-hybridized carbons (Fsp3) is 0.552. The van der Waals surface area contributed by atoms with Crippen LogP contribution in [0.4, 0.5) is 0 Å². The first kappa shape index (κ1) is 22.8. The number of nitrogens with zero attached hydrogens (tertiary/aromatic N) is 1. The number of benzene rings is 1. The quantitative estimate of drug-likeness (QED) is 0.566. The van der Waals surface area contributed by atoms with E-state index in [2.05, 4.69) is 48.3 Å². The van der Waals surface area contributed by atoms with Gasteiger partial charge in [0.15, 0.2) is 0 Å². The third-order valence-corrected chi connectivity index (χ3v) is 9.18. The summed E-state index contributed by atoms with van der Waals surface area (Å²) in [6, 6.07) is 8.73. The van der Waals surface area contributed by atoms with Crippen molar-refractivity contribution in [1.82, 2.24) is 4.98 Å². The van der Waals surface area contributed by atoms with E-state index in [0.717, 1.165) is 44.6 Å². The monoisotopic (exact) mass is 447 g/mol. The molecular weight excluding hydrogens is 410 g/mol. The molecule has 2 saturated carbocycles. The molecular formula is C29H37NO3. The fourth-order valence-corrected chi connectivity index (χ4v) is 7.61. The highest BCUT2D eigenvalue weighted by Crippen LogP contribution is 2.62. The van der Waals surface area contributed by atoms with Gasteiger partial charge in [-0.3, -0.25) is 4.98 Å². The van der Waals surface area contributed by atoms with Crippen LogP contribution in [-0.4, -0.2) is 39.6 Å². The molecule has 2 aromatic rings. The first-order valence-electron chi connectivity index (χ1n) is 12.6. The van der Waals surface area contributed by atoms with Crippen LogP contribution in [0.2, 0.25) is 0 Å². The summed E-state index contributed by atoms with van der Waals surface area (Å²) in [5.74, 6) is 1.87. The summed E-state index contributed by atoms with van der Waals surface area (Å²) in [7, 11) is 1.00. The number of aliphatic hydroxyl groups excluding tert-OH is 3. The molecule has 0 radical (unpaired) electrons. The van der Waals surface area contributed by atoms with Crippen LogP contribution < -0.4 is 0 Å². The van der Waals surface area contributed by atoms with Gasteiger partial charge in [0.2, 0.25) is 0 Å². The highest BCUT2D eigenvalue weighted by Gasteiger charge is 2.56. The maximum atomic E-state index is 11.3. The number of fused-ring (bicyclic) bond motifs is 5. The highest BCUT2D eigenvalue weighted by molar-refractivity contribution is 5.82. The standard InChI is InChI=1S/C28H33NO2.CH4O/c1-28-10-8-19-12-21-14-23(30)6-4-17(21)5-7-24(19)25(28)15-26(31)27(28)20-3-2-18-9-11-29-16-22(18)13-20;1-2/h2-3,8-9,11-13,16-17,23-27,30-31H,4-7,10,14-15H2,1H3;2H,1H3. The van der Waals surface area contributed by atoms with Gasteiger partial charge in [-0.2, -0.15) is 0 Å². The fourth-order valence-electron chi connectivity index (χ4n) is 7.61. The maximum absolute atomic E-state index is 11.3. The SMILES string of the molecule is CC12CC=C3C=C4CC(O)CCC4CCC3C1CC(O)C2c1ccc2ccncc2c1.CO. The predicted octanol–water partition coefficient (Wildman–Crippen LogP) is 5.14. The second-order valence-electron chi connectivity index (χ2n) is 10.8. The summed E-state index contributed by atoms with van der Waals surface area (Å²) in [4.78, 5) is 4.31. The Balaban J connectivity index is 0.00000111. The first-order valence-corrected chi connectivity index (χ1v) is 12.6. The number of allylic oxidation sites excluding steroid dienone is 3. The summed E-state index contributed by atoms with van der Waals surface area (Å²) < 4.78 is 0. The Bertz CT molecular complexity index is 1080. The van der Waals surface area contributed by atoms with E-state index in [1.807, 2.05) is 12.4 Å². The molecule has 33 heavy (non-hydrogen) atoms. The van der Waals surface area contributed by atoms with Gasteiger partial charge < -0.3 is 15.3 Å². The Kier molecular flexibility index (Phi) is 6.19. The zero-order valence-corrected chi connectivity index (χ0v) is 19.8. The minimum Gasteiger partial charge on any atom is -0.400 e. The maximum Gasteiger partial charge on any atom is 0.0617 e. The minimum atomic E-state index is -0.295. The van der Waals surface area contributed by atoms with Gasteiger partial charge in [-0.1, -0.05) is 36.8 Å². The molecule has 2 fully saturated rings. The van der Waals surface area contributed by atoms with Crippen molar-refractivity contribution < 1.29 is 15.3 Å². The Morgan fingerprint density at radius 1 is 1.00 bits per heavy atom. The molecule has 1 heterocycles. The van der Waals surface area contributed by atoms with Gasteiger partial charge >= 0.3 is 0 Å². The van der Waals surface area contributed by atoms with E-state index in [0.29, 0.717) is 17.8 Å². The molecule has 4 aliphatic carbocycles. The van der Waals surface area contributed by atoms with E-state index in [9.17, 15) is 10.2 Å². The van der Waals surface area contributed by atoms with Crippen molar-refractivity contribution in [2.75, 3.05) is 7.11 Å². The summed E-state index contributed by atoms with van der Waals surface area (Å²) >= 11 is 0. The topological polar surface area (TPSA) is 73.6 Å². The van der Waals surface area contributed by atoms with Gasteiger partial charge in [-0.05, 0) is 96.8 Å². The van der Waals surface area contributed by atoms with E-state index in [4.69, 9.17) is 5.11 Å². The number of hydrogen-bond acceptors (Lipinski definition) is 4. The molecule has 0 amide bonds. The molecule has 6 rings (SSSR count). The minimum absolute atomic E-state index is 0.0804. The molecule has 0 aliphatic heterocycles. The molecule has 3 N–H and O–H groups in total. The van der Waals surface area contributed by atoms with E-state index in [-0.39, 0.29) is 23.5 Å². The van der Waals surface area contributed by atoms with Crippen molar-refractivity contribution in [2.24, 2.45) is 23.2 Å². The second kappa shape index (κ2) is 8.98. The van der Waals surface area contributed by atoms with Gasteiger partial charge in [-0.15, -0.1) is 0 Å². The lowest BCUT2D eigenvalue weighted by Gasteiger charge is -2.44. The molecule has 0 bridgehead atoms. The molecule has 0 spiro atoms. The summed E-state index contributed by atoms with van der Waals surface area (Å²) in [6.45, 7) is 2.42. The van der Waals surface area contributed by atoms with Crippen LogP contribution in [-0.2, 0) is 0 Å². The largest absolute Gasteiger partial charge is 0.400 e. The number of pyridine rings is 1. The van der Waals surface area contributed by atoms with Crippen molar-refractivity contribution in [3.05, 3.63) is 65.5 Å². The summed E-state index contributed by atoms with van der Waals surface area (Å²) in [5.41, 5.74) is 4.31. The first-order chi connectivity index (χ1) is 16.0. The number of aliphatic hydroxyl groups is 3. The molecule has 1 aromatic carbocycles. The van der Waals surface area contributed by atoms with E-state index in [1.165, 1.54) is 34.9 Å². The third kappa shape index (κ3) is 3.86. The van der Waals surface area contributed by atoms with Gasteiger partial charge in [0.25, 0.3) is 0 Å². The van der Waals surface area contributed by atoms with Gasteiger partial charge in [0.1, 0.15) is 0 Å². The van der Waals surface area contributed by atoms with Crippen LogP contribution in [0.5, 0.6) is 0 Å². The Morgan fingerprint density at radius 2 is 1.82 bits per heavy atom. The second-order valence-corrected chi connectivity index (χ2v) is 10.8. The van der Waals surface area contributed by atoms with Crippen LogP contribution in [0.15, 0.2) is 60.0 Å². The predicted molar refractivity (Wildman–Crippen MR) is 132 cm³/mol. The van der Waals surface area contributed by atoms with Crippen molar-refractivity contribution in [3.63, 3.8) is 0 Å². The van der Waals surface area contributed by atoms with Crippen LogP contribution in [0.1, 0.15) is 63.4 Å².